The van der Waals surface area contributed by atoms with Crippen LogP contribution < -0.4 is 10.5 Å². The normalized spacial score (nSPS) is 11.7. The third-order valence-electron chi connectivity index (χ3n) is 3.09. The van der Waals surface area contributed by atoms with E-state index in [0.717, 1.165) is 11.6 Å². The number of hydrogen-bond acceptors (Lipinski definition) is 4. The van der Waals surface area contributed by atoms with Gasteiger partial charge in [0.1, 0.15) is 28.8 Å². The molecule has 0 aliphatic heterocycles. The molecule has 0 unspecified atom stereocenters. The van der Waals surface area contributed by atoms with Gasteiger partial charge in [-0.15, -0.1) is 12.4 Å². The predicted molar refractivity (Wildman–Crippen MR) is 94.8 cm³/mol. The summed E-state index contributed by atoms with van der Waals surface area (Å²) in [5, 5.41) is 0. The van der Waals surface area contributed by atoms with Crippen LogP contribution in [0.1, 0.15) is 5.56 Å². The van der Waals surface area contributed by atoms with Gasteiger partial charge >= 0.3 is 0 Å². The van der Waals surface area contributed by atoms with Crippen molar-refractivity contribution >= 4 is 22.2 Å². The van der Waals surface area contributed by atoms with Crippen LogP contribution in [-0.4, -0.2) is 20.7 Å². The maximum Gasteiger partial charge on any atom is 0.188 e. The third kappa shape index (κ3) is 5.63. The minimum Gasteiger partial charge on any atom is -0.488 e. The van der Waals surface area contributed by atoms with E-state index >= 15 is 0 Å². The fourth-order valence-electron chi connectivity index (χ4n) is 2.01. The number of nitrogens with two attached hydrogens (primary N) is 1. The molecule has 0 spiro atoms. The number of rotatable bonds is 7. The van der Waals surface area contributed by atoms with E-state index in [2.05, 4.69) is 0 Å². The van der Waals surface area contributed by atoms with Crippen LogP contribution in [0.3, 0.4) is 0 Å². The first-order chi connectivity index (χ1) is 11.0. The highest BCUT2D eigenvalue weighted by atomic mass is 35.5. The average molecular weight is 372 g/mol. The Balaban J connectivity index is 0.00000288. The van der Waals surface area contributed by atoms with E-state index < -0.39 is 21.4 Å². The number of halogens is 2. The summed E-state index contributed by atoms with van der Waals surface area (Å²) in [5.74, 6) is -1.29. The molecule has 4 nitrogen and oxygen atoms in total. The molecule has 0 saturated carbocycles. The Labute approximate surface area is 147 Å². The van der Waals surface area contributed by atoms with Crippen molar-refractivity contribution in [2.24, 2.45) is 5.73 Å². The van der Waals surface area contributed by atoms with Gasteiger partial charge in [-0.25, -0.2) is 12.8 Å². The third-order valence-corrected chi connectivity index (χ3v) is 4.75. The molecule has 0 radical (unpaired) electrons. The summed E-state index contributed by atoms with van der Waals surface area (Å²) < 4.78 is 43.8. The fourth-order valence-corrected chi connectivity index (χ4v) is 3.36. The molecule has 7 heteroatoms. The molecule has 130 valence electrons. The Morgan fingerprint density at radius 3 is 2.38 bits per heavy atom. The minimum atomic E-state index is -3.84. The second kappa shape index (κ2) is 9.42. The molecular weight excluding hydrogens is 353 g/mol. The highest BCUT2D eigenvalue weighted by Gasteiger charge is 2.21. The van der Waals surface area contributed by atoms with Gasteiger partial charge in [-0.3, -0.25) is 0 Å². The zero-order chi connectivity index (χ0) is 16.7. The first-order valence-corrected chi connectivity index (χ1v) is 8.71. The minimum absolute atomic E-state index is 0. The van der Waals surface area contributed by atoms with Gasteiger partial charge in [-0.1, -0.05) is 42.5 Å². The quantitative estimate of drug-likeness (QED) is 0.810. The molecule has 24 heavy (non-hydrogen) atoms. The molecule has 0 saturated heterocycles. The SMILES string of the molecule is Cl.NC/C=C(\F)CS(=O)(=O)c1ccccc1OCc1ccccc1. The Kier molecular flexibility index (Phi) is 7.91. The summed E-state index contributed by atoms with van der Waals surface area (Å²) in [6, 6.07) is 15.6. The van der Waals surface area contributed by atoms with Gasteiger partial charge in [0.2, 0.25) is 0 Å². The standard InChI is InChI=1S/C17H18FNO3S.ClH/c18-15(10-11-19)13-23(20,21)17-9-5-4-8-16(17)22-12-14-6-2-1-3-7-14;/h1-10H,11-13,19H2;1H/b15-10-;. The van der Waals surface area contributed by atoms with Crippen LogP contribution in [0.15, 0.2) is 71.4 Å². The van der Waals surface area contributed by atoms with E-state index in [9.17, 15) is 12.8 Å². The van der Waals surface area contributed by atoms with Gasteiger partial charge in [0.25, 0.3) is 0 Å². The van der Waals surface area contributed by atoms with E-state index in [1.165, 1.54) is 6.07 Å². The van der Waals surface area contributed by atoms with Gasteiger partial charge in [0.15, 0.2) is 9.84 Å². The predicted octanol–water partition coefficient (Wildman–Crippen LogP) is 3.27. The monoisotopic (exact) mass is 371 g/mol. The van der Waals surface area contributed by atoms with Crippen LogP contribution in [-0.2, 0) is 16.4 Å². The van der Waals surface area contributed by atoms with Gasteiger partial charge in [-0.05, 0) is 23.8 Å². The summed E-state index contributed by atoms with van der Waals surface area (Å²) in [5.41, 5.74) is 6.10. The van der Waals surface area contributed by atoms with Crippen LogP contribution in [0.4, 0.5) is 4.39 Å². The number of sulfone groups is 1. The van der Waals surface area contributed by atoms with Crippen molar-refractivity contribution < 1.29 is 17.5 Å². The largest absolute Gasteiger partial charge is 0.488 e. The smallest absolute Gasteiger partial charge is 0.188 e. The van der Waals surface area contributed by atoms with E-state index in [1.54, 1.807) is 18.2 Å². The lowest BCUT2D eigenvalue weighted by atomic mass is 10.2. The van der Waals surface area contributed by atoms with Crippen molar-refractivity contribution in [3.05, 3.63) is 72.1 Å². The Bertz CT molecular complexity index is 779. The maximum absolute atomic E-state index is 13.5. The molecular formula is C17H19ClFNO3S. The number of benzene rings is 2. The van der Waals surface area contributed by atoms with Crippen molar-refractivity contribution in [3.8, 4) is 5.75 Å². The highest BCUT2D eigenvalue weighted by Crippen LogP contribution is 2.26. The number of para-hydroxylation sites is 1. The van der Waals surface area contributed by atoms with E-state index in [-0.39, 0.29) is 36.2 Å². The molecule has 0 aromatic heterocycles. The summed E-state index contributed by atoms with van der Waals surface area (Å²) in [6.45, 7) is 0.183. The van der Waals surface area contributed by atoms with Crippen LogP contribution >= 0.6 is 12.4 Å². The van der Waals surface area contributed by atoms with Crippen molar-refractivity contribution in [2.75, 3.05) is 12.3 Å². The topological polar surface area (TPSA) is 69.4 Å². The Morgan fingerprint density at radius 2 is 1.71 bits per heavy atom. The zero-order valence-electron chi connectivity index (χ0n) is 12.9. The van der Waals surface area contributed by atoms with Gasteiger partial charge in [0.05, 0.1) is 0 Å². The summed E-state index contributed by atoms with van der Waals surface area (Å²) in [7, 11) is -3.84. The van der Waals surface area contributed by atoms with Crippen molar-refractivity contribution in [2.45, 2.75) is 11.5 Å². The lowest BCUT2D eigenvalue weighted by Gasteiger charge is -2.11. The molecule has 2 N–H and O–H groups in total. The van der Waals surface area contributed by atoms with E-state index in [1.807, 2.05) is 30.3 Å². The van der Waals surface area contributed by atoms with Crippen LogP contribution in [0.5, 0.6) is 5.75 Å². The van der Waals surface area contributed by atoms with Gasteiger partial charge in [-0.2, -0.15) is 0 Å². The molecule has 0 amide bonds. The fraction of sp³-hybridized carbons (Fsp3) is 0.176. The van der Waals surface area contributed by atoms with Crippen molar-refractivity contribution in [3.63, 3.8) is 0 Å². The molecule has 0 fully saturated rings. The lowest BCUT2D eigenvalue weighted by molar-refractivity contribution is 0.298. The Hall–Kier alpha value is -1.89. The number of ether oxygens (including phenoxy) is 1. The highest BCUT2D eigenvalue weighted by molar-refractivity contribution is 7.91. The van der Waals surface area contributed by atoms with Crippen LogP contribution in [0.2, 0.25) is 0 Å². The van der Waals surface area contributed by atoms with Crippen LogP contribution in [0.25, 0.3) is 0 Å². The second-order valence-corrected chi connectivity index (χ2v) is 6.82. The second-order valence-electron chi connectivity index (χ2n) is 4.87. The molecule has 0 bridgehead atoms. The molecule has 2 aromatic carbocycles. The van der Waals surface area contributed by atoms with E-state index in [4.69, 9.17) is 10.5 Å². The van der Waals surface area contributed by atoms with Crippen molar-refractivity contribution in [1.29, 1.82) is 0 Å². The molecule has 2 rings (SSSR count). The average Bonchev–Trinajstić information content (AvgIpc) is 2.54. The van der Waals surface area contributed by atoms with E-state index in [0.29, 0.717) is 0 Å². The summed E-state index contributed by atoms with van der Waals surface area (Å²) in [4.78, 5) is -0.0310. The molecule has 0 aliphatic rings. The first-order valence-electron chi connectivity index (χ1n) is 7.06. The number of hydrogen-bond donors (Lipinski definition) is 1. The molecule has 0 heterocycles. The zero-order valence-corrected chi connectivity index (χ0v) is 14.5. The summed E-state index contributed by atoms with van der Waals surface area (Å²) in [6.07, 6.45) is 1.05. The molecule has 2 aromatic rings. The molecule has 0 atom stereocenters. The van der Waals surface area contributed by atoms with Gasteiger partial charge < -0.3 is 10.5 Å². The summed E-state index contributed by atoms with van der Waals surface area (Å²) >= 11 is 0. The molecule has 0 aliphatic carbocycles. The maximum atomic E-state index is 13.5. The first kappa shape index (κ1) is 20.2. The Morgan fingerprint density at radius 1 is 1.08 bits per heavy atom. The van der Waals surface area contributed by atoms with Crippen molar-refractivity contribution in [1.82, 2.24) is 0 Å². The lowest BCUT2D eigenvalue weighted by Crippen LogP contribution is -2.10. The van der Waals surface area contributed by atoms with Crippen LogP contribution in [0, 0.1) is 0 Å². The van der Waals surface area contributed by atoms with Gasteiger partial charge in [0, 0.05) is 6.54 Å².